The molecule has 0 aliphatic heterocycles. The Labute approximate surface area is 68.0 Å². The van der Waals surface area contributed by atoms with Crippen LogP contribution in [0, 0.1) is 0 Å². The molecule has 0 aliphatic carbocycles. The molecule has 6 heteroatoms. The maximum atomic E-state index is 10.3. The highest BCUT2D eigenvalue weighted by atomic mass is 16.4. The molecule has 0 atom stereocenters. The van der Waals surface area contributed by atoms with Gasteiger partial charge < -0.3 is 15.9 Å². The number of hydrogen-bond donors (Lipinski definition) is 3. The lowest BCUT2D eigenvalue weighted by Crippen LogP contribution is -2.16. The first-order valence-electron chi connectivity index (χ1n) is 2.89. The molecule has 0 aromatic rings. The zero-order valence-corrected chi connectivity index (χ0v) is 6.31. The monoisotopic (exact) mass is 172 g/mol. The third-order valence-corrected chi connectivity index (χ3v) is 0.999. The van der Waals surface area contributed by atoms with E-state index in [0.717, 1.165) is 6.08 Å². The van der Waals surface area contributed by atoms with E-state index < -0.39 is 23.3 Å². The fraction of sp³-hybridized carbons (Fsp3) is 0.167. The first-order valence-corrected chi connectivity index (χ1v) is 2.89. The van der Waals surface area contributed by atoms with Crippen molar-refractivity contribution in [3.63, 3.8) is 0 Å². The van der Waals surface area contributed by atoms with E-state index in [9.17, 15) is 9.59 Å². The smallest absolute Gasteiger partial charge is 0.354 e. The SMILES string of the molecule is CN=C(C=C(N)C(=O)O)C(=O)O. The van der Waals surface area contributed by atoms with Crippen LogP contribution in [0.2, 0.25) is 0 Å². The molecule has 0 amide bonds. The summed E-state index contributed by atoms with van der Waals surface area (Å²) < 4.78 is 0. The summed E-state index contributed by atoms with van der Waals surface area (Å²) >= 11 is 0. The first-order chi connectivity index (χ1) is 5.49. The second-order valence-corrected chi connectivity index (χ2v) is 1.82. The second-order valence-electron chi connectivity index (χ2n) is 1.82. The minimum Gasteiger partial charge on any atom is -0.477 e. The van der Waals surface area contributed by atoms with Gasteiger partial charge in [0, 0.05) is 13.1 Å². The fourth-order valence-electron chi connectivity index (χ4n) is 0.431. The van der Waals surface area contributed by atoms with Gasteiger partial charge in [-0.15, -0.1) is 0 Å². The van der Waals surface area contributed by atoms with Crippen molar-refractivity contribution in [2.75, 3.05) is 7.05 Å². The lowest BCUT2D eigenvalue weighted by Gasteiger charge is -1.93. The number of nitrogens with zero attached hydrogens (tertiary/aromatic N) is 1. The van der Waals surface area contributed by atoms with Crippen molar-refractivity contribution >= 4 is 17.7 Å². The number of carboxylic acids is 2. The average molecular weight is 172 g/mol. The molecule has 0 saturated heterocycles. The van der Waals surface area contributed by atoms with Crippen molar-refractivity contribution in [2.24, 2.45) is 10.7 Å². The minimum absolute atomic E-state index is 0.394. The summed E-state index contributed by atoms with van der Waals surface area (Å²) in [5.41, 5.74) is 4.00. The first kappa shape index (κ1) is 10.2. The van der Waals surface area contributed by atoms with Crippen LogP contribution in [0.25, 0.3) is 0 Å². The Kier molecular flexibility index (Phi) is 3.48. The molecule has 0 aromatic carbocycles. The van der Waals surface area contributed by atoms with Gasteiger partial charge in [0.1, 0.15) is 11.4 Å². The molecule has 66 valence electrons. The summed E-state index contributed by atoms with van der Waals surface area (Å²) in [7, 11) is 1.23. The number of aliphatic imine (C=N–C) groups is 1. The van der Waals surface area contributed by atoms with Gasteiger partial charge >= 0.3 is 11.9 Å². The number of rotatable bonds is 3. The van der Waals surface area contributed by atoms with Gasteiger partial charge in [-0.25, -0.2) is 9.59 Å². The third-order valence-electron chi connectivity index (χ3n) is 0.999. The summed E-state index contributed by atoms with van der Waals surface area (Å²) in [5, 5.41) is 16.6. The maximum Gasteiger partial charge on any atom is 0.354 e. The molecule has 0 radical (unpaired) electrons. The molecule has 6 nitrogen and oxygen atoms in total. The Morgan fingerprint density at radius 2 is 1.83 bits per heavy atom. The van der Waals surface area contributed by atoms with Crippen LogP contribution in [-0.2, 0) is 9.59 Å². The van der Waals surface area contributed by atoms with Crippen molar-refractivity contribution in [1.29, 1.82) is 0 Å². The summed E-state index contributed by atoms with van der Waals surface area (Å²) in [5.74, 6) is -2.70. The van der Waals surface area contributed by atoms with Gasteiger partial charge in [-0.1, -0.05) is 0 Å². The lowest BCUT2D eigenvalue weighted by molar-refractivity contribution is -0.132. The molecule has 4 N–H and O–H groups in total. The zero-order valence-electron chi connectivity index (χ0n) is 6.31. The summed E-state index contributed by atoms with van der Waals surface area (Å²) in [6.45, 7) is 0. The van der Waals surface area contributed by atoms with Crippen LogP contribution in [0.3, 0.4) is 0 Å². The molecule has 0 unspecified atom stereocenters. The Morgan fingerprint density at radius 3 is 2.08 bits per heavy atom. The van der Waals surface area contributed by atoms with Crippen LogP contribution in [0.15, 0.2) is 16.8 Å². The molecule has 0 fully saturated rings. The normalized spacial score (nSPS) is 12.8. The van der Waals surface area contributed by atoms with Crippen LogP contribution in [0.1, 0.15) is 0 Å². The van der Waals surface area contributed by atoms with Crippen molar-refractivity contribution in [3.8, 4) is 0 Å². The van der Waals surface area contributed by atoms with Gasteiger partial charge in [0.2, 0.25) is 0 Å². The van der Waals surface area contributed by atoms with Crippen LogP contribution >= 0.6 is 0 Å². The average Bonchev–Trinajstić information content (AvgIpc) is 1.98. The second kappa shape index (κ2) is 4.12. The predicted octanol–water partition coefficient (Wildman–Crippen LogP) is -0.931. The molecule has 0 heterocycles. The molecule has 0 saturated carbocycles. The number of carbonyl (C=O) groups is 2. The van der Waals surface area contributed by atoms with Gasteiger partial charge in [-0.2, -0.15) is 0 Å². The van der Waals surface area contributed by atoms with E-state index in [1.165, 1.54) is 7.05 Å². The Morgan fingerprint density at radius 1 is 1.33 bits per heavy atom. The summed E-state index contributed by atoms with van der Waals surface area (Å²) in [4.78, 5) is 23.7. The zero-order chi connectivity index (χ0) is 9.72. The molecule has 0 aromatic heterocycles. The highest BCUT2D eigenvalue weighted by Crippen LogP contribution is 1.87. The Hall–Kier alpha value is -1.85. The van der Waals surface area contributed by atoms with E-state index in [4.69, 9.17) is 15.9 Å². The molecular weight excluding hydrogens is 164 g/mol. The van der Waals surface area contributed by atoms with E-state index in [-0.39, 0.29) is 0 Å². The molecule has 0 rings (SSSR count). The van der Waals surface area contributed by atoms with Crippen molar-refractivity contribution in [2.45, 2.75) is 0 Å². The van der Waals surface area contributed by atoms with E-state index in [0.29, 0.717) is 0 Å². The van der Waals surface area contributed by atoms with E-state index >= 15 is 0 Å². The van der Waals surface area contributed by atoms with Gasteiger partial charge in [0.05, 0.1) is 0 Å². The van der Waals surface area contributed by atoms with Crippen LogP contribution in [-0.4, -0.2) is 34.9 Å². The lowest BCUT2D eigenvalue weighted by atomic mass is 10.3. The van der Waals surface area contributed by atoms with Crippen LogP contribution < -0.4 is 5.73 Å². The quantitative estimate of drug-likeness (QED) is 0.376. The molecule has 0 bridgehead atoms. The molecule has 12 heavy (non-hydrogen) atoms. The van der Waals surface area contributed by atoms with Gasteiger partial charge in [-0.3, -0.25) is 4.99 Å². The van der Waals surface area contributed by atoms with Gasteiger partial charge in [-0.05, 0) is 0 Å². The third kappa shape index (κ3) is 2.82. The summed E-state index contributed by atoms with van der Waals surface area (Å²) in [6, 6.07) is 0. The predicted molar refractivity (Wildman–Crippen MR) is 40.9 cm³/mol. The topological polar surface area (TPSA) is 113 Å². The number of hydrogen-bond acceptors (Lipinski definition) is 4. The number of aliphatic carboxylic acids is 2. The summed E-state index contributed by atoms with van der Waals surface area (Å²) in [6.07, 6.45) is 0.782. The largest absolute Gasteiger partial charge is 0.477 e. The van der Waals surface area contributed by atoms with Crippen LogP contribution in [0.5, 0.6) is 0 Å². The number of nitrogens with two attached hydrogens (primary N) is 1. The Bertz CT molecular complexity index is 267. The van der Waals surface area contributed by atoms with Crippen molar-refractivity contribution < 1.29 is 19.8 Å². The number of carboxylic acid groups (broad SMARTS) is 2. The fourth-order valence-corrected chi connectivity index (χ4v) is 0.431. The molecule has 0 aliphatic rings. The van der Waals surface area contributed by atoms with E-state index in [1.807, 2.05) is 0 Å². The van der Waals surface area contributed by atoms with Gasteiger partial charge in [0.25, 0.3) is 0 Å². The Balaban J connectivity index is 4.72. The minimum atomic E-state index is -1.38. The van der Waals surface area contributed by atoms with Gasteiger partial charge in [0.15, 0.2) is 0 Å². The molecular formula is C6H8N2O4. The highest BCUT2D eigenvalue weighted by Gasteiger charge is 2.08. The standard InChI is InChI=1S/C6H8N2O4/c1-8-4(6(11)12)2-3(7)5(9)10/h2H,7H2,1H3,(H,9,10)(H,11,12). The highest BCUT2D eigenvalue weighted by molar-refractivity contribution is 6.41. The van der Waals surface area contributed by atoms with Crippen LogP contribution in [0.4, 0.5) is 0 Å². The van der Waals surface area contributed by atoms with E-state index in [1.54, 1.807) is 0 Å². The maximum absolute atomic E-state index is 10.3. The molecule has 0 spiro atoms. The van der Waals surface area contributed by atoms with E-state index in [2.05, 4.69) is 4.99 Å². The van der Waals surface area contributed by atoms with Crippen molar-refractivity contribution in [3.05, 3.63) is 11.8 Å². The van der Waals surface area contributed by atoms with Crippen molar-refractivity contribution in [1.82, 2.24) is 0 Å².